The molecule has 6 aromatic rings. The van der Waals surface area contributed by atoms with Crippen LogP contribution >= 0.6 is 0 Å². The molecular formula is C41H38O8. The predicted molar refractivity (Wildman–Crippen MR) is 189 cm³/mol. The Morgan fingerprint density at radius 2 is 0.796 bits per heavy atom. The van der Waals surface area contributed by atoms with Crippen molar-refractivity contribution in [3.63, 3.8) is 0 Å². The van der Waals surface area contributed by atoms with E-state index in [-0.39, 0.29) is 52.9 Å². The maximum absolute atomic E-state index is 10.1. The molecule has 0 radical (unpaired) electrons. The third-order valence-corrected chi connectivity index (χ3v) is 9.01. The van der Waals surface area contributed by atoms with E-state index in [4.69, 9.17) is 18.9 Å². The van der Waals surface area contributed by atoms with Gasteiger partial charge < -0.3 is 39.4 Å². The van der Waals surface area contributed by atoms with Gasteiger partial charge in [-0.05, 0) is 45.2 Å². The first kappa shape index (κ1) is 32.4. The standard InChI is InChI=1S/C41H38O8/c42-17-21-46-35-25-27-9-1-3-11-29(27)39(48-23-19-44)37(35)41(33-15-7-5-13-31(33)32-14-6-8-16-34(32)41)38-36(47-22-18-43)26-28-10-2-4-12-30(28)40(38)49-24-20-45/h1-16,25-26,42-45H,17-24H2. The van der Waals surface area contributed by atoms with Crippen LogP contribution in [0.3, 0.4) is 0 Å². The van der Waals surface area contributed by atoms with Crippen LogP contribution in [0.2, 0.25) is 0 Å². The van der Waals surface area contributed by atoms with E-state index >= 15 is 0 Å². The molecule has 49 heavy (non-hydrogen) atoms. The van der Waals surface area contributed by atoms with Gasteiger partial charge >= 0.3 is 0 Å². The summed E-state index contributed by atoms with van der Waals surface area (Å²) in [4.78, 5) is 0. The average Bonchev–Trinajstić information content (AvgIpc) is 3.44. The summed E-state index contributed by atoms with van der Waals surface area (Å²) in [5.74, 6) is 1.95. The molecule has 1 aliphatic carbocycles. The summed E-state index contributed by atoms with van der Waals surface area (Å²) in [6, 6.07) is 35.9. The van der Waals surface area contributed by atoms with Crippen LogP contribution in [0.25, 0.3) is 32.7 Å². The molecule has 1 aliphatic rings. The lowest BCUT2D eigenvalue weighted by molar-refractivity contribution is 0.188. The smallest absolute Gasteiger partial charge is 0.135 e. The van der Waals surface area contributed by atoms with Crippen molar-refractivity contribution in [2.45, 2.75) is 5.41 Å². The maximum atomic E-state index is 10.1. The second-order valence-electron chi connectivity index (χ2n) is 11.7. The van der Waals surface area contributed by atoms with Crippen molar-refractivity contribution in [1.29, 1.82) is 0 Å². The Hall–Kier alpha value is -5.12. The topological polar surface area (TPSA) is 118 Å². The Labute approximate surface area is 284 Å². The van der Waals surface area contributed by atoms with Crippen LogP contribution < -0.4 is 18.9 Å². The lowest BCUT2D eigenvalue weighted by Crippen LogP contribution is -2.32. The van der Waals surface area contributed by atoms with Crippen LogP contribution in [0.15, 0.2) is 109 Å². The molecule has 0 spiro atoms. The molecule has 4 N–H and O–H groups in total. The van der Waals surface area contributed by atoms with Gasteiger partial charge in [0.05, 0.1) is 43.0 Å². The first-order valence-electron chi connectivity index (χ1n) is 16.5. The quantitative estimate of drug-likeness (QED) is 0.115. The number of aliphatic hydroxyl groups excluding tert-OH is 4. The summed E-state index contributed by atoms with van der Waals surface area (Å²) in [6.45, 7) is -0.815. The van der Waals surface area contributed by atoms with Gasteiger partial charge in [-0.3, -0.25) is 0 Å². The van der Waals surface area contributed by atoms with E-state index in [0.717, 1.165) is 43.8 Å². The molecule has 0 aromatic heterocycles. The van der Waals surface area contributed by atoms with Crippen molar-refractivity contribution < 1.29 is 39.4 Å². The number of rotatable bonds is 14. The Kier molecular flexibility index (Phi) is 9.37. The average molecular weight is 659 g/mol. The van der Waals surface area contributed by atoms with E-state index in [1.165, 1.54) is 0 Å². The highest BCUT2D eigenvalue weighted by atomic mass is 16.5. The lowest BCUT2D eigenvalue weighted by atomic mass is 9.65. The molecular weight excluding hydrogens is 620 g/mol. The van der Waals surface area contributed by atoms with Crippen molar-refractivity contribution >= 4 is 21.5 Å². The molecule has 0 unspecified atom stereocenters. The molecule has 6 aromatic carbocycles. The summed E-state index contributed by atoms with van der Waals surface area (Å²) in [6.07, 6.45) is 0. The van der Waals surface area contributed by atoms with E-state index in [1.54, 1.807) is 0 Å². The van der Waals surface area contributed by atoms with E-state index in [1.807, 2.05) is 84.9 Å². The van der Waals surface area contributed by atoms with Gasteiger partial charge in [-0.2, -0.15) is 0 Å². The van der Waals surface area contributed by atoms with Crippen molar-refractivity contribution in [2.24, 2.45) is 0 Å². The Balaban J connectivity index is 1.76. The van der Waals surface area contributed by atoms with Crippen LogP contribution in [0.1, 0.15) is 22.3 Å². The summed E-state index contributed by atoms with van der Waals surface area (Å²) in [5, 5.41) is 43.6. The number of hydrogen-bond acceptors (Lipinski definition) is 8. The summed E-state index contributed by atoms with van der Waals surface area (Å²) >= 11 is 0. The van der Waals surface area contributed by atoms with Gasteiger partial charge in [0, 0.05) is 10.8 Å². The molecule has 8 heteroatoms. The van der Waals surface area contributed by atoms with Crippen molar-refractivity contribution in [3.05, 3.63) is 131 Å². The fraction of sp³-hybridized carbons (Fsp3) is 0.220. The SMILES string of the molecule is OCCOc1cc2ccccc2c(OCCO)c1C1(c2c(OCCO)cc3ccccc3c2OCCO)c2ccccc2-c2ccccc21. The number of hydrogen-bond donors (Lipinski definition) is 4. The molecule has 0 saturated carbocycles. The summed E-state index contributed by atoms with van der Waals surface area (Å²) in [5.41, 5.74) is 3.85. The van der Waals surface area contributed by atoms with Crippen LogP contribution in [0.4, 0.5) is 0 Å². The van der Waals surface area contributed by atoms with Crippen molar-refractivity contribution in [1.82, 2.24) is 0 Å². The fourth-order valence-electron chi connectivity index (χ4n) is 7.32. The zero-order valence-corrected chi connectivity index (χ0v) is 27.0. The second-order valence-corrected chi connectivity index (χ2v) is 11.7. The number of ether oxygens (including phenoxy) is 4. The number of aliphatic hydroxyl groups is 4. The van der Waals surface area contributed by atoms with Crippen LogP contribution in [0.5, 0.6) is 23.0 Å². The highest BCUT2D eigenvalue weighted by Gasteiger charge is 2.53. The third-order valence-electron chi connectivity index (χ3n) is 9.01. The minimum absolute atomic E-state index is 0.0132. The van der Waals surface area contributed by atoms with Gasteiger partial charge in [0.1, 0.15) is 49.4 Å². The molecule has 0 amide bonds. The monoisotopic (exact) mass is 658 g/mol. The molecule has 8 nitrogen and oxygen atoms in total. The zero-order valence-electron chi connectivity index (χ0n) is 27.0. The van der Waals surface area contributed by atoms with Gasteiger partial charge in [0.15, 0.2) is 0 Å². The Morgan fingerprint density at radius 1 is 0.429 bits per heavy atom. The minimum Gasteiger partial charge on any atom is -0.491 e. The fourth-order valence-corrected chi connectivity index (χ4v) is 7.32. The second kappa shape index (κ2) is 14.2. The first-order valence-corrected chi connectivity index (χ1v) is 16.5. The van der Waals surface area contributed by atoms with Gasteiger partial charge in [-0.15, -0.1) is 0 Å². The third kappa shape index (κ3) is 5.43. The molecule has 250 valence electrons. The summed E-state index contributed by atoms with van der Waals surface area (Å²) < 4.78 is 26.1. The molecule has 0 atom stereocenters. The van der Waals surface area contributed by atoms with E-state index < -0.39 is 5.41 Å². The van der Waals surface area contributed by atoms with E-state index in [9.17, 15) is 20.4 Å². The van der Waals surface area contributed by atoms with Crippen LogP contribution in [0, 0.1) is 0 Å². The maximum Gasteiger partial charge on any atom is 0.135 e. The van der Waals surface area contributed by atoms with Gasteiger partial charge in [0.25, 0.3) is 0 Å². The predicted octanol–water partition coefficient (Wildman–Crippen LogP) is 5.84. The van der Waals surface area contributed by atoms with Crippen molar-refractivity contribution in [3.8, 4) is 34.1 Å². The van der Waals surface area contributed by atoms with E-state index in [2.05, 4.69) is 24.3 Å². The van der Waals surface area contributed by atoms with Crippen LogP contribution in [-0.4, -0.2) is 73.3 Å². The first-order chi connectivity index (χ1) is 24.2. The van der Waals surface area contributed by atoms with Gasteiger partial charge in [-0.25, -0.2) is 0 Å². The normalized spacial score (nSPS) is 12.9. The van der Waals surface area contributed by atoms with Crippen LogP contribution in [-0.2, 0) is 5.41 Å². The zero-order chi connectivity index (χ0) is 33.8. The Bertz CT molecular complexity index is 1960. The van der Waals surface area contributed by atoms with Gasteiger partial charge in [-0.1, -0.05) is 97.1 Å². The highest BCUT2D eigenvalue weighted by Crippen LogP contribution is 2.64. The Morgan fingerprint density at radius 3 is 1.22 bits per heavy atom. The molecule has 0 heterocycles. The highest BCUT2D eigenvalue weighted by molar-refractivity contribution is 5.99. The largest absolute Gasteiger partial charge is 0.491 e. The van der Waals surface area contributed by atoms with E-state index in [0.29, 0.717) is 34.1 Å². The summed E-state index contributed by atoms with van der Waals surface area (Å²) in [7, 11) is 0. The van der Waals surface area contributed by atoms with Gasteiger partial charge in [0.2, 0.25) is 0 Å². The molecule has 7 rings (SSSR count). The molecule has 0 bridgehead atoms. The minimum atomic E-state index is -1.23. The van der Waals surface area contributed by atoms with Crippen molar-refractivity contribution in [2.75, 3.05) is 52.9 Å². The molecule has 0 saturated heterocycles. The molecule has 0 aliphatic heterocycles. The lowest BCUT2D eigenvalue weighted by Gasteiger charge is -2.38. The number of fused-ring (bicyclic) bond motifs is 5. The number of benzene rings is 6. The molecule has 0 fully saturated rings.